The number of amides is 1. The van der Waals surface area contributed by atoms with Gasteiger partial charge in [0.2, 0.25) is 5.91 Å². The van der Waals surface area contributed by atoms with Crippen LogP contribution in [0.3, 0.4) is 0 Å². The number of likely N-dealkylation sites (N-methyl/N-ethyl adjacent to an activating group) is 1. The Hall–Kier alpha value is -1.43. The summed E-state index contributed by atoms with van der Waals surface area (Å²) in [7, 11) is 3.17. The van der Waals surface area contributed by atoms with Gasteiger partial charge in [-0.1, -0.05) is 30.3 Å². The lowest BCUT2D eigenvalue weighted by Crippen LogP contribution is -2.40. The third kappa shape index (κ3) is 4.63. The summed E-state index contributed by atoms with van der Waals surface area (Å²) in [5.74, 6) is -0.468. The fourth-order valence-corrected chi connectivity index (χ4v) is 1.98. The van der Waals surface area contributed by atoms with E-state index in [4.69, 9.17) is 10.5 Å². The van der Waals surface area contributed by atoms with Gasteiger partial charge < -0.3 is 20.5 Å². The summed E-state index contributed by atoms with van der Waals surface area (Å²) in [6, 6.07) is 9.42. The number of nitrogens with zero attached hydrogens (tertiary/aromatic N) is 1. The molecule has 0 radical (unpaired) electrons. The first-order valence-corrected chi connectivity index (χ1v) is 6.27. The number of carbonyl (C=O) groups excluding carboxylic acids is 1. The number of hydrogen-bond acceptors (Lipinski definition) is 4. The molecule has 0 fully saturated rings. The summed E-state index contributed by atoms with van der Waals surface area (Å²) in [5, 5.41) is 9.64. The van der Waals surface area contributed by atoms with Crippen LogP contribution in [0.4, 0.5) is 0 Å². The zero-order chi connectivity index (χ0) is 14.3. The molecule has 0 spiro atoms. The molecular formula is C14H22N2O3. The van der Waals surface area contributed by atoms with Crippen LogP contribution in [0.1, 0.15) is 11.5 Å². The van der Waals surface area contributed by atoms with E-state index in [1.165, 1.54) is 12.0 Å². The minimum atomic E-state index is -0.687. The third-order valence-electron chi connectivity index (χ3n) is 2.96. The van der Waals surface area contributed by atoms with Gasteiger partial charge in [0.05, 0.1) is 18.6 Å². The number of carbonyl (C=O) groups is 1. The predicted octanol–water partition coefficient (Wildman–Crippen LogP) is 0.195. The zero-order valence-corrected chi connectivity index (χ0v) is 11.5. The molecule has 0 aliphatic heterocycles. The zero-order valence-electron chi connectivity index (χ0n) is 11.5. The van der Waals surface area contributed by atoms with Crippen LogP contribution in [0.15, 0.2) is 30.3 Å². The van der Waals surface area contributed by atoms with Crippen LogP contribution >= 0.6 is 0 Å². The monoisotopic (exact) mass is 266 g/mol. The van der Waals surface area contributed by atoms with Crippen molar-refractivity contribution in [2.75, 3.05) is 33.9 Å². The first kappa shape index (κ1) is 15.6. The summed E-state index contributed by atoms with van der Waals surface area (Å²) in [6.45, 7) is 0.680. The second-order valence-corrected chi connectivity index (χ2v) is 4.53. The van der Waals surface area contributed by atoms with Gasteiger partial charge in [-0.15, -0.1) is 0 Å². The molecule has 0 saturated carbocycles. The van der Waals surface area contributed by atoms with E-state index in [2.05, 4.69) is 0 Å². The highest BCUT2D eigenvalue weighted by Crippen LogP contribution is 2.16. The second kappa shape index (κ2) is 7.89. The molecule has 2 atom stereocenters. The van der Waals surface area contributed by atoms with Gasteiger partial charge in [0.15, 0.2) is 0 Å². The maximum absolute atomic E-state index is 12.3. The highest BCUT2D eigenvalue weighted by Gasteiger charge is 2.23. The first-order valence-electron chi connectivity index (χ1n) is 6.27. The predicted molar refractivity (Wildman–Crippen MR) is 73.8 cm³/mol. The molecule has 1 rings (SSSR count). The summed E-state index contributed by atoms with van der Waals surface area (Å²) in [6.07, 6.45) is -0.687. The maximum Gasteiger partial charge on any atom is 0.231 e. The lowest BCUT2D eigenvalue weighted by atomic mass is 9.98. The normalized spacial score (nSPS) is 13.9. The fraction of sp³-hybridized carbons (Fsp3) is 0.500. The van der Waals surface area contributed by atoms with Crippen molar-refractivity contribution in [3.63, 3.8) is 0 Å². The van der Waals surface area contributed by atoms with Crippen LogP contribution in [0.5, 0.6) is 0 Å². The Morgan fingerprint density at radius 2 is 2.05 bits per heavy atom. The largest absolute Gasteiger partial charge is 0.389 e. The third-order valence-corrected chi connectivity index (χ3v) is 2.96. The van der Waals surface area contributed by atoms with Gasteiger partial charge in [0.25, 0.3) is 0 Å². The fourth-order valence-electron chi connectivity index (χ4n) is 1.98. The number of methoxy groups -OCH3 is 1. The van der Waals surface area contributed by atoms with Crippen LogP contribution in [-0.4, -0.2) is 55.9 Å². The Kier molecular flexibility index (Phi) is 6.49. The summed E-state index contributed by atoms with van der Waals surface area (Å²) in [5.41, 5.74) is 6.59. The Morgan fingerprint density at radius 3 is 2.58 bits per heavy atom. The van der Waals surface area contributed by atoms with Crippen molar-refractivity contribution in [2.24, 2.45) is 5.73 Å². The molecule has 5 heteroatoms. The van der Waals surface area contributed by atoms with Gasteiger partial charge >= 0.3 is 0 Å². The minimum Gasteiger partial charge on any atom is -0.389 e. The Balaban J connectivity index is 2.68. The number of hydrogen-bond donors (Lipinski definition) is 2. The van der Waals surface area contributed by atoms with Crippen molar-refractivity contribution in [3.8, 4) is 0 Å². The highest BCUT2D eigenvalue weighted by molar-refractivity contribution is 5.83. The van der Waals surface area contributed by atoms with E-state index in [0.717, 1.165) is 5.56 Å². The summed E-state index contributed by atoms with van der Waals surface area (Å²) in [4.78, 5) is 13.8. The Morgan fingerprint density at radius 1 is 1.42 bits per heavy atom. The average Bonchev–Trinajstić information content (AvgIpc) is 2.40. The molecule has 5 nitrogen and oxygen atoms in total. The van der Waals surface area contributed by atoms with Crippen LogP contribution in [0.2, 0.25) is 0 Å². The number of aliphatic hydroxyl groups is 1. The molecule has 0 aliphatic rings. The molecule has 1 aromatic carbocycles. The van der Waals surface area contributed by atoms with Crippen molar-refractivity contribution in [1.29, 1.82) is 0 Å². The van der Waals surface area contributed by atoms with Crippen molar-refractivity contribution >= 4 is 5.91 Å². The first-order chi connectivity index (χ1) is 9.10. The molecular weight excluding hydrogens is 244 g/mol. The molecule has 0 aliphatic carbocycles. The lowest BCUT2D eigenvalue weighted by Gasteiger charge is -2.25. The van der Waals surface area contributed by atoms with Gasteiger partial charge in [-0.3, -0.25) is 4.79 Å². The van der Waals surface area contributed by atoms with Crippen molar-refractivity contribution in [3.05, 3.63) is 35.9 Å². The van der Waals surface area contributed by atoms with Crippen LogP contribution < -0.4 is 5.73 Å². The molecule has 3 N–H and O–H groups in total. The number of aliphatic hydroxyl groups excluding tert-OH is 1. The van der Waals surface area contributed by atoms with E-state index in [9.17, 15) is 9.90 Å². The van der Waals surface area contributed by atoms with Gasteiger partial charge in [-0.05, 0) is 5.56 Å². The minimum absolute atomic E-state index is 0.0937. The molecule has 1 amide bonds. The van der Waals surface area contributed by atoms with E-state index < -0.39 is 6.10 Å². The van der Waals surface area contributed by atoms with E-state index >= 15 is 0 Å². The topological polar surface area (TPSA) is 75.8 Å². The standard InChI is InChI=1S/C14H22N2O3/c1-16(9-12(17)10-19-2)14(18)13(8-15)11-6-4-3-5-7-11/h3-7,12-13,17H,8-10,15H2,1-2H3. The number of nitrogens with two attached hydrogens (primary N) is 1. The number of benzene rings is 1. The van der Waals surface area contributed by atoms with Crippen LogP contribution in [0, 0.1) is 0 Å². The van der Waals surface area contributed by atoms with Gasteiger partial charge in [-0.25, -0.2) is 0 Å². The van der Waals surface area contributed by atoms with E-state index in [0.29, 0.717) is 0 Å². The second-order valence-electron chi connectivity index (χ2n) is 4.53. The molecule has 0 bridgehead atoms. The SMILES string of the molecule is COCC(O)CN(C)C(=O)C(CN)c1ccccc1. The smallest absolute Gasteiger partial charge is 0.231 e. The molecule has 0 heterocycles. The molecule has 19 heavy (non-hydrogen) atoms. The summed E-state index contributed by atoms with van der Waals surface area (Å²) >= 11 is 0. The number of ether oxygens (including phenoxy) is 1. The maximum atomic E-state index is 12.3. The molecule has 1 aromatic rings. The van der Waals surface area contributed by atoms with Crippen molar-refractivity contribution < 1.29 is 14.6 Å². The average molecular weight is 266 g/mol. The van der Waals surface area contributed by atoms with Crippen LogP contribution in [-0.2, 0) is 9.53 Å². The van der Waals surface area contributed by atoms with Gasteiger partial charge in [0.1, 0.15) is 0 Å². The van der Waals surface area contributed by atoms with Crippen molar-refractivity contribution in [1.82, 2.24) is 4.90 Å². The van der Waals surface area contributed by atoms with Crippen LogP contribution in [0.25, 0.3) is 0 Å². The van der Waals surface area contributed by atoms with E-state index in [1.54, 1.807) is 7.05 Å². The quantitative estimate of drug-likeness (QED) is 0.739. The van der Waals surface area contributed by atoms with Gasteiger partial charge in [-0.2, -0.15) is 0 Å². The molecule has 106 valence electrons. The van der Waals surface area contributed by atoms with Gasteiger partial charge in [0, 0.05) is 27.2 Å². The van der Waals surface area contributed by atoms with Crippen molar-refractivity contribution in [2.45, 2.75) is 12.0 Å². The Bertz CT molecular complexity index is 384. The molecule has 2 unspecified atom stereocenters. The molecule has 0 aromatic heterocycles. The van der Waals surface area contributed by atoms with E-state index in [1.807, 2.05) is 30.3 Å². The lowest BCUT2D eigenvalue weighted by molar-refractivity contribution is -0.133. The summed E-state index contributed by atoms with van der Waals surface area (Å²) < 4.78 is 4.84. The van der Waals surface area contributed by atoms with E-state index in [-0.39, 0.29) is 31.5 Å². The number of rotatable bonds is 7. The Labute approximate surface area is 114 Å². The molecule has 0 saturated heterocycles. The highest BCUT2D eigenvalue weighted by atomic mass is 16.5.